The number of aromatic amines is 1. The minimum Gasteiger partial charge on any atom is -0.395 e. The van der Waals surface area contributed by atoms with Gasteiger partial charge in [0.05, 0.1) is 11.4 Å². The highest BCUT2D eigenvalue weighted by molar-refractivity contribution is 5.97. The summed E-state index contributed by atoms with van der Waals surface area (Å²) in [6.07, 6.45) is 6.33. The van der Waals surface area contributed by atoms with Gasteiger partial charge in [-0.1, -0.05) is 19.3 Å². The zero-order valence-corrected chi connectivity index (χ0v) is 10.3. The molecule has 0 aliphatic heterocycles. The maximum Gasteiger partial charge on any atom is 0.273 e. The van der Waals surface area contributed by atoms with Gasteiger partial charge in [-0.15, -0.1) is 0 Å². The predicted molar refractivity (Wildman–Crippen MR) is 66.6 cm³/mol. The molecule has 0 bridgehead atoms. The molecule has 1 fully saturated rings. The van der Waals surface area contributed by atoms with Gasteiger partial charge in [-0.2, -0.15) is 5.10 Å². The number of hydrogen-bond acceptors (Lipinski definition) is 3. The SMILES string of the molecule is Cc1[nH]nc(C(=O)NCC2CCCCC2)c1N. The van der Waals surface area contributed by atoms with E-state index in [4.69, 9.17) is 5.73 Å². The summed E-state index contributed by atoms with van der Waals surface area (Å²) in [7, 11) is 0. The second-order valence-electron chi connectivity index (χ2n) is 4.82. The highest BCUT2D eigenvalue weighted by Crippen LogP contribution is 2.23. The van der Waals surface area contributed by atoms with Crippen LogP contribution in [0, 0.1) is 12.8 Å². The summed E-state index contributed by atoms with van der Waals surface area (Å²) < 4.78 is 0. The molecule has 0 aromatic carbocycles. The Morgan fingerprint density at radius 1 is 1.47 bits per heavy atom. The Bertz CT molecular complexity index is 393. The largest absolute Gasteiger partial charge is 0.395 e. The van der Waals surface area contributed by atoms with Crippen LogP contribution in [0.25, 0.3) is 0 Å². The number of H-pyrrole nitrogens is 1. The van der Waals surface area contributed by atoms with Gasteiger partial charge in [-0.3, -0.25) is 9.89 Å². The van der Waals surface area contributed by atoms with Crippen LogP contribution in [0.15, 0.2) is 0 Å². The van der Waals surface area contributed by atoms with Gasteiger partial charge in [0, 0.05) is 6.54 Å². The van der Waals surface area contributed by atoms with Gasteiger partial charge in [0.25, 0.3) is 5.91 Å². The number of carbonyl (C=O) groups is 1. The van der Waals surface area contributed by atoms with E-state index in [1.807, 2.05) is 0 Å². The number of hydrogen-bond donors (Lipinski definition) is 3. The number of nitrogens with two attached hydrogens (primary N) is 1. The Kier molecular flexibility index (Phi) is 3.66. The van der Waals surface area contributed by atoms with Crippen molar-refractivity contribution in [3.05, 3.63) is 11.4 Å². The van der Waals surface area contributed by atoms with E-state index in [1.165, 1.54) is 32.1 Å². The average molecular weight is 236 g/mol. The number of nitrogen functional groups attached to an aromatic ring is 1. The average Bonchev–Trinajstić information content (AvgIpc) is 2.69. The van der Waals surface area contributed by atoms with E-state index in [0.717, 1.165) is 12.2 Å². The third-order valence-electron chi connectivity index (χ3n) is 3.49. The lowest BCUT2D eigenvalue weighted by Gasteiger charge is -2.21. The maximum atomic E-state index is 11.8. The number of nitrogens with zero attached hydrogens (tertiary/aromatic N) is 1. The summed E-state index contributed by atoms with van der Waals surface area (Å²) in [4.78, 5) is 11.8. The first-order valence-corrected chi connectivity index (χ1v) is 6.27. The van der Waals surface area contributed by atoms with Crippen LogP contribution in [-0.2, 0) is 0 Å². The topological polar surface area (TPSA) is 83.8 Å². The number of rotatable bonds is 3. The molecule has 0 atom stereocenters. The Labute approximate surface area is 101 Å². The molecule has 1 aromatic rings. The van der Waals surface area contributed by atoms with Crippen LogP contribution in [0.3, 0.4) is 0 Å². The molecule has 1 heterocycles. The fraction of sp³-hybridized carbons (Fsp3) is 0.667. The lowest BCUT2D eigenvalue weighted by atomic mass is 9.89. The van der Waals surface area contributed by atoms with Crippen LogP contribution >= 0.6 is 0 Å². The van der Waals surface area contributed by atoms with Gasteiger partial charge in [-0.25, -0.2) is 0 Å². The van der Waals surface area contributed by atoms with Crippen molar-refractivity contribution in [3.63, 3.8) is 0 Å². The molecule has 1 aliphatic carbocycles. The smallest absolute Gasteiger partial charge is 0.273 e. The first-order valence-electron chi connectivity index (χ1n) is 6.27. The zero-order valence-electron chi connectivity index (χ0n) is 10.3. The molecule has 1 aromatic heterocycles. The minimum absolute atomic E-state index is 0.169. The van der Waals surface area contributed by atoms with Crippen LogP contribution in [-0.4, -0.2) is 22.6 Å². The lowest BCUT2D eigenvalue weighted by molar-refractivity contribution is 0.0939. The number of carbonyl (C=O) groups excluding carboxylic acids is 1. The number of anilines is 1. The Morgan fingerprint density at radius 2 is 2.18 bits per heavy atom. The van der Waals surface area contributed by atoms with Crippen molar-refractivity contribution in [1.82, 2.24) is 15.5 Å². The number of nitrogens with one attached hydrogen (secondary N) is 2. The molecule has 1 amide bonds. The summed E-state index contributed by atoms with van der Waals surface area (Å²) in [5.41, 5.74) is 7.27. The van der Waals surface area contributed by atoms with E-state index >= 15 is 0 Å². The Balaban J connectivity index is 1.86. The third-order valence-corrected chi connectivity index (χ3v) is 3.49. The van der Waals surface area contributed by atoms with Crippen LogP contribution in [0.2, 0.25) is 0 Å². The summed E-state index contributed by atoms with van der Waals surface area (Å²) in [5, 5.41) is 9.56. The molecule has 94 valence electrons. The normalized spacial score (nSPS) is 17.0. The van der Waals surface area contributed by atoms with Gasteiger partial charge in [0.2, 0.25) is 0 Å². The van der Waals surface area contributed by atoms with E-state index in [9.17, 15) is 4.79 Å². The van der Waals surface area contributed by atoms with Gasteiger partial charge in [0.15, 0.2) is 5.69 Å². The molecule has 5 heteroatoms. The minimum atomic E-state index is -0.169. The highest BCUT2D eigenvalue weighted by atomic mass is 16.1. The van der Waals surface area contributed by atoms with Crippen molar-refractivity contribution < 1.29 is 4.79 Å². The molecule has 2 rings (SSSR count). The monoisotopic (exact) mass is 236 g/mol. The number of amides is 1. The molecule has 0 saturated heterocycles. The molecular formula is C12H20N4O. The molecule has 1 saturated carbocycles. The predicted octanol–water partition coefficient (Wildman–Crippen LogP) is 1.61. The number of aryl methyl sites for hydroxylation is 1. The molecule has 4 N–H and O–H groups in total. The van der Waals surface area contributed by atoms with E-state index < -0.39 is 0 Å². The van der Waals surface area contributed by atoms with E-state index in [1.54, 1.807) is 6.92 Å². The third kappa shape index (κ3) is 2.78. The molecule has 0 unspecified atom stereocenters. The van der Waals surface area contributed by atoms with E-state index in [2.05, 4.69) is 15.5 Å². The van der Waals surface area contributed by atoms with Crippen molar-refractivity contribution in [2.24, 2.45) is 5.92 Å². The van der Waals surface area contributed by atoms with Gasteiger partial charge in [-0.05, 0) is 25.7 Å². The van der Waals surface area contributed by atoms with Crippen LogP contribution in [0.1, 0.15) is 48.3 Å². The molecular weight excluding hydrogens is 216 g/mol. The van der Waals surface area contributed by atoms with Crippen LogP contribution in [0.5, 0.6) is 0 Å². The summed E-state index contributed by atoms with van der Waals surface area (Å²) in [6, 6.07) is 0. The Morgan fingerprint density at radius 3 is 2.76 bits per heavy atom. The van der Waals surface area contributed by atoms with E-state index in [-0.39, 0.29) is 5.91 Å². The summed E-state index contributed by atoms with van der Waals surface area (Å²) in [5.74, 6) is 0.450. The van der Waals surface area contributed by atoms with Crippen molar-refractivity contribution in [1.29, 1.82) is 0 Å². The molecule has 5 nitrogen and oxygen atoms in total. The molecule has 17 heavy (non-hydrogen) atoms. The summed E-state index contributed by atoms with van der Waals surface area (Å²) >= 11 is 0. The lowest BCUT2D eigenvalue weighted by Crippen LogP contribution is -2.30. The quantitative estimate of drug-likeness (QED) is 0.745. The second-order valence-corrected chi connectivity index (χ2v) is 4.82. The fourth-order valence-corrected chi connectivity index (χ4v) is 2.32. The van der Waals surface area contributed by atoms with Crippen molar-refractivity contribution in [2.75, 3.05) is 12.3 Å². The highest BCUT2D eigenvalue weighted by Gasteiger charge is 2.18. The number of aromatic nitrogens is 2. The van der Waals surface area contributed by atoms with Crippen LogP contribution < -0.4 is 11.1 Å². The van der Waals surface area contributed by atoms with E-state index in [0.29, 0.717) is 17.3 Å². The molecule has 0 spiro atoms. The second kappa shape index (κ2) is 5.21. The van der Waals surface area contributed by atoms with Gasteiger partial charge in [0.1, 0.15) is 0 Å². The van der Waals surface area contributed by atoms with Crippen molar-refractivity contribution in [3.8, 4) is 0 Å². The molecule has 0 radical (unpaired) electrons. The Hall–Kier alpha value is -1.52. The van der Waals surface area contributed by atoms with Crippen molar-refractivity contribution in [2.45, 2.75) is 39.0 Å². The van der Waals surface area contributed by atoms with Crippen LogP contribution in [0.4, 0.5) is 5.69 Å². The maximum absolute atomic E-state index is 11.8. The standard InChI is InChI=1S/C12H20N4O/c1-8-10(13)11(16-15-8)12(17)14-7-9-5-3-2-4-6-9/h9H,2-7,13H2,1H3,(H,14,17)(H,15,16). The zero-order chi connectivity index (χ0) is 12.3. The first-order chi connectivity index (χ1) is 8.18. The van der Waals surface area contributed by atoms with Gasteiger partial charge < -0.3 is 11.1 Å². The molecule has 1 aliphatic rings. The van der Waals surface area contributed by atoms with Gasteiger partial charge >= 0.3 is 0 Å². The first kappa shape index (κ1) is 12.0. The van der Waals surface area contributed by atoms with Crippen molar-refractivity contribution >= 4 is 11.6 Å². The summed E-state index contributed by atoms with van der Waals surface area (Å²) in [6.45, 7) is 2.55. The fourth-order valence-electron chi connectivity index (χ4n) is 2.32.